The SMILES string of the molecule is COc1ccc(/C=C(\C#N)c2cccc(Br)c2)cc1O. The molecule has 0 saturated carbocycles. The van der Waals surface area contributed by atoms with E-state index in [1.807, 2.05) is 24.3 Å². The first kappa shape index (κ1) is 14.2. The molecule has 0 spiro atoms. The summed E-state index contributed by atoms with van der Waals surface area (Å²) in [5.41, 5.74) is 2.08. The number of methoxy groups -OCH3 is 1. The Bertz CT molecular complexity index is 702. The number of ether oxygens (including phenoxy) is 1. The lowest BCUT2D eigenvalue weighted by Gasteiger charge is -2.04. The van der Waals surface area contributed by atoms with Crippen molar-refractivity contribution in [3.8, 4) is 17.6 Å². The molecule has 100 valence electrons. The third-order valence-electron chi connectivity index (χ3n) is 2.77. The molecule has 2 aromatic carbocycles. The number of hydrogen-bond donors (Lipinski definition) is 1. The average Bonchev–Trinajstić information content (AvgIpc) is 2.45. The van der Waals surface area contributed by atoms with Crippen LogP contribution in [0.5, 0.6) is 11.5 Å². The van der Waals surface area contributed by atoms with Crippen LogP contribution < -0.4 is 4.74 Å². The van der Waals surface area contributed by atoms with E-state index in [1.165, 1.54) is 7.11 Å². The predicted molar refractivity (Wildman–Crippen MR) is 82.3 cm³/mol. The van der Waals surface area contributed by atoms with Crippen LogP contribution in [0, 0.1) is 11.3 Å². The normalized spacial score (nSPS) is 10.9. The molecule has 3 nitrogen and oxygen atoms in total. The van der Waals surface area contributed by atoms with E-state index >= 15 is 0 Å². The van der Waals surface area contributed by atoms with E-state index < -0.39 is 0 Å². The molecule has 0 fully saturated rings. The number of nitrogens with zero attached hydrogens (tertiary/aromatic N) is 1. The van der Waals surface area contributed by atoms with Gasteiger partial charge >= 0.3 is 0 Å². The molecular weight excluding hydrogens is 318 g/mol. The minimum atomic E-state index is 0.0489. The van der Waals surface area contributed by atoms with Crippen molar-refractivity contribution in [1.82, 2.24) is 0 Å². The molecule has 2 rings (SSSR count). The van der Waals surface area contributed by atoms with Crippen LogP contribution in [0.4, 0.5) is 0 Å². The molecule has 4 heteroatoms. The highest BCUT2D eigenvalue weighted by molar-refractivity contribution is 9.10. The molecule has 0 unspecified atom stereocenters. The number of rotatable bonds is 3. The van der Waals surface area contributed by atoms with Gasteiger partial charge in [0.2, 0.25) is 0 Å². The zero-order valence-electron chi connectivity index (χ0n) is 10.8. The molecule has 0 aromatic heterocycles. The zero-order chi connectivity index (χ0) is 14.5. The van der Waals surface area contributed by atoms with E-state index in [-0.39, 0.29) is 5.75 Å². The van der Waals surface area contributed by atoms with Crippen molar-refractivity contribution in [2.24, 2.45) is 0 Å². The van der Waals surface area contributed by atoms with Crippen LogP contribution in [-0.4, -0.2) is 12.2 Å². The maximum atomic E-state index is 9.75. The number of benzene rings is 2. The van der Waals surface area contributed by atoms with E-state index in [4.69, 9.17) is 4.74 Å². The van der Waals surface area contributed by atoms with Crippen molar-refractivity contribution in [2.75, 3.05) is 7.11 Å². The Morgan fingerprint density at radius 1 is 1.30 bits per heavy atom. The van der Waals surface area contributed by atoms with Gasteiger partial charge in [0.25, 0.3) is 0 Å². The Balaban J connectivity index is 2.42. The molecule has 0 radical (unpaired) electrons. The van der Waals surface area contributed by atoms with Gasteiger partial charge in [0.1, 0.15) is 0 Å². The van der Waals surface area contributed by atoms with E-state index in [2.05, 4.69) is 22.0 Å². The number of allylic oxidation sites excluding steroid dienone is 1. The fourth-order valence-corrected chi connectivity index (χ4v) is 2.20. The van der Waals surface area contributed by atoms with Gasteiger partial charge in [-0.1, -0.05) is 34.1 Å². The number of nitriles is 1. The summed E-state index contributed by atoms with van der Waals surface area (Å²) in [6, 6.07) is 14.7. The fourth-order valence-electron chi connectivity index (χ4n) is 1.80. The van der Waals surface area contributed by atoms with Gasteiger partial charge in [0.05, 0.1) is 18.8 Å². The summed E-state index contributed by atoms with van der Waals surface area (Å²) >= 11 is 3.38. The maximum absolute atomic E-state index is 9.75. The topological polar surface area (TPSA) is 53.2 Å². The summed E-state index contributed by atoms with van der Waals surface area (Å²) in [6.45, 7) is 0. The molecule has 2 aromatic rings. The first-order valence-corrected chi connectivity index (χ1v) is 6.68. The monoisotopic (exact) mass is 329 g/mol. The second-order valence-corrected chi connectivity index (χ2v) is 5.03. The highest BCUT2D eigenvalue weighted by Gasteiger charge is 2.04. The molecular formula is C16H12BrNO2. The van der Waals surface area contributed by atoms with Gasteiger partial charge in [-0.3, -0.25) is 0 Å². The predicted octanol–water partition coefficient (Wildman–Crippen LogP) is 4.23. The summed E-state index contributed by atoms with van der Waals surface area (Å²) in [5, 5.41) is 19.0. The van der Waals surface area contributed by atoms with Crippen LogP contribution in [0.2, 0.25) is 0 Å². The third kappa shape index (κ3) is 3.19. The number of aromatic hydroxyl groups is 1. The van der Waals surface area contributed by atoms with Crippen molar-refractivity contribution < 1.29 is 9.84 Å². The number of hydrogen-bond acceptors (Lipinski definition) is 3. The smallest absolute Gasteiger partial charge is 0.160 e. The minimum absolute atomic E-state index is 0.0489. The first-order valence-electron chi connectivity index (χ1n) is 5.89. The first-order chi connectivity index (χ1) is 9.63. The molecule has 0 atom stereocenters. The maximum Gasteiger partial charge on any atom is 0.160 e. The van der Waals surface area contributed by atoms with Crippen LogP contribution in [0.25, 0.3) is 11.6 Å². The summed E-state index contributed by atoms with van der Waals surface area (Å²) in [4.78, 5) is 0. The van der Waals surface area contributed by atoms with Gasteiger partial charge < -0.3 is 9.84 Å². The lowest BCUT2D eigenvalue weighted by molar-refractivity contribution is 0.373. The average molecular weight is 330 g/mol. The quantitative estimate of drug-likeness (QED) is 0.677. The zero-order valence-corrected chi connectivity index (χ0v) is 12.4. The lowest BCUT2D eigenvalue weighted by Crippen LogP contribution is -1.85. The minimum Gasteiger partial charge on any atom is -0.504 e. The van der Waals surface area contributed by atoms with Gasteiger partial charge in [0.15, 0.2) is 11.5 Å². The highest BCUT2D eigenvalue weighted by atomic mass is 79.9. The van der Waals surface area contributed by atoms with Gasteiger partial charge in [0, 0.05) is 4.47 Å². The Kier molecular flexibility index (Phi) is 4.44. The molecule has 0 amide bonds. The largest absolute Gasteiger partial charge is 0.504 e. The molecule has 20 heavy (non-hydrogen) atoms. The summed E-state index contributed by atoms with van der Waals surface area (Å²) in [7, 11) is 1.49. The number of halogens is 1. The molecule has 0 aliphatic carbocycles. The van der Waals surface area contributed by atoms with Crippen molar-refractivity contribution in [1.29, 1.82) is 5.26 Å². The number of phenolic OH excluding ortho intramolecular Hbond substituents is 1. The molecule has 0 aliphatic rings. The van der Waals surface area contributed by atoms with Gasteiger partial charge in [-0.05, 0) is 41.5 Å². The highest BCUT2D eigenvalue weighted by Crippen LogP contribution is 2.28. The fraction of sp³-hybridized carbons (Fsp3) is 0.0625. The Hall–Kier alpha value is -2.25. The van der Waals surface area contributed by atoms with Gasteiger partial charge in [-0.2, -0.15) is 5.26 Å². The van der Waals surface area contributed by atoms with Gasteiger partial charge in [-0.15, -0.1) is 0 Å². The van der Waals surface area contributed by atoms with Crippen LogP contribution >= 0.6 is 15.9 Å². The van der Waals surface area contributed by atoms with Crippen LogP contribution in [0.3, 0.4) is 0 Å². The van der Waals surface area contributed by atoms with Gasteiger partial charge in [-0.25, -0.2) is 0 Å². The number of phenols is 1. The molecule has 1 N–H and O–H groups in total. The molecule has 0 saturated heterocycles. The Morgan fingerprint density at radius 3 is 2.70 bits per heavy atom. The molecule has 0 bridgehead atoms. The van der Waals surface area contributed by atoms with Crippen molar-refractivity contribution in [3.05, 3.63) is 58.1 Å². The third-order valence-corrected chi connectivity index (χ3v) is 3.26. The molecule has 0 heterocycles. The van der Waals surface area contributed by atoms with Crippen molar-refractivity contribution >= 4 is 27.6 Å². The standard InChI is InChI=1S/C16H12BrNO2/c1-20-16-6-5-11(8-15(16)19)7-13(10-18)12-3-2-4-14(17)9-12/h2-9,19H,1H3/b13-7+. The summed E-state index contributed by atoms with van der Waals surface area (Å²) in [6.07, 6.45) is 1.72. The van der Waals surface area contributed by atoms with Crippen molar-refractivity contribution in [3.63, 3.8) is 0 Å². The summed E-state index contributed by atoms with van der Waals surface area (Å²) in [5.74, 6) is 0.455. The van der Waals surface area contributed by atoms with E-state index in [0.717, 1.165) is 15.6 Å². The van der Waals surface area contributed by atoms with Crippen LogP contribution in [0.1, 0.15) is 11.1 Å². The second-order valence-electron chi connectivity index (χ2n) is 4.11. The second kappa shape index (κ2) is 6.27. The summed E-state index contributed by atoms with van der Waals surface area (Å²) < 4.78 is 5.90. The van der Waals surface area contributed by atoms with Crippen LogP contribution in [0.15, 0.2) is 46.9 Å². The van der Waals surface area contributed by atoms with Crippen LogP contribution in [-0.2, 0) is 0 Å². The van der Waals surface area contributed by atoms with Crippen molar-refractivity contribution in [2.45, 2.75) is 0 Å². The van der Waals surface area contributed by atoms with E-state index in [9.17, 15) is 10.4 Å². The van der Waals surface area contributed by atoms with E-state index in [1.54, 1.807) is 24.3 Å². The molecule has 0 aliphatic heterocycles. The Labute approximate surface area is 125 Å². The Morgan fingerprint density at radius 2 is 2.10 bits per heavy atom. The van der Waals surface area contributed by atoms with E-state index in [0.29, 0.717) is 11.3 Å². The lowest BCUT2D eigenvalue weighted by atomic mass is 10.0.